The van der Waals surface area contributed by atoms with E-state index in [4.69, 9.17) is 4.74 Å². The first-order valence-electron chi connectivity index (χ1n) is 7.02. The van der Waals surface area contributed by atoms with Gasteiger partial charge in [0.15, 0.2) is 5.78 Å². The smallest absolute Gasteiger partial charge is 0.164 e. The molecule has 4 nitrogen and oxygen atoms in total. The molecule has 1 aliphatic rings. The van der Waals surface area contributed by atoms with Crippen LogP contribution in [0.2, 0.25) is 0 Å². The lowest BCUT2D eigenvalue weighted by molar-refractivity contribution is 0.101. The number of hydrogen-bond donors (Lipinski definition) is 1. The Balaban J connectivity index is 1.90. The molecule has 1 saturated heterocycles. The first-order valence-corrected chi connectivity index (χ1v) is 7.02. The third-order valence-corrected chi connectivity index (χ3v) is 3.42. The minimum absolute atomic E-state index is 0.145. The summed E-state index contributed by atoms with van der Waals surface area (Å²) in [5.74, 6) is -0.723. The fourth-order valence-electron chi connectivity index (χ4n) is 2.40. The zero-order valence-corrected chi connectivity index (χ0v) is 11.8. The fourth-order valence-corrected chi connectivity index (χ4v) is 2.40. The molecule has 0 bridgehead atoms. The van der Waals surface area contributed by atoms with Crippen LogP contribution in [-0.4, -0.2) is 50.1 Å². The average Bonchev–Trinajstić information content (AvgIpc) is 2.67. The van der Waals surface area contributed by atoms with Gasteiger partial charge in [-0.3, -0.25) is 9.69 Å². The second-order valence-electron chi connectivity index (χ2n) is 4.95. The third-order valence-electron chi connectivity index (χ3n) is 3.42. The Labute approximate surface area is 118 Å². The highest BCUT2D eigenvalue weighted by molar-refractivity contribution is 5.99. The molecule has 0 saturated carbocycles. The van der Waals surface area contributed by atoms with Gasteiger partial charge >= 0.3 is 0 Å². The largest absolute Gasteiger partial charge is 0.383 e. The first-order chi connectivity index (χ1) is 9.68. The van der Waals surface area contributed by atoms with Gasteiger partial charge in [0.25, 0.3) is 0 Å². The number of anilines is 1. The maximum atomic E-state index is 13.6. The molecule has 20 heavy (non-hydrogen) atoms. The predicted molar refractivity (Wildman–Crippen MR) is 76.8 cm³/mol. The van der Waals surface area contributed by atoms with E-state index in [1.807, 2.05) is 0 Å². The Bertz CT molecular complexity index is 457. The molecule has 2 rings (SSSR count). The van der Waals surface area contributed by atoms with Gasteiger partial charge in [0, 0.05) is 38.5 Å². The third kappa shape index (κ3) is 4.02. The summed E-state index contributed by atoms with van der Waals surface area (Å²) >= 11 is 0. The number of halogens is 1. The number of ether oxygens (including phenoxy) is 1. The Kier molecular flexibility index (Phi) is 5.49. The van der Waals surface area contributed by atoms with Crippen molar-refractivity contribution in [1.82, 2.24) is 4.90 Å². The van der Waals surface area contributed by atoms with Crippen LogP contribution in [0.3, 0.4) is 0 Å². The summed E-state index contributed by atoms with van der Waals surface area (Å²) in [6, 6.07) is 4.67. The Hall–Kier alpha value is -1.46. The van der Waals surface area contributed by atoms with Crippen LogP contribution in [0.15, 0.2) is 18.2 Å². The molecule has 1 aliphatic heterocycles. The Morgan fingerprint density at radius 1 is 1.40 bits per heavy atom. The van der Waals surface area contributed by atoms with Gasteiger partial charge in [0.1, 0.15) is 5.82 Å². The van der Waals surface area contributed by atoms with Gasteiger partial charge in [-0.25, -0.2) is 4.39 Å². The van der Waals surface area contributed by atoms with E-state index in [2.05, 4.69) is 10.2 Å². The van der Waals surface area contributed by atoms with Crippen molar-refractivity contribution < 1.29 is 13.9 Å². The number of benzene rings is 1. The first kappa shape index (κ1) is 14.9. The molecule has 0 spiro atoms. The van der Waals surface area contributed by atoms with Crippen LogP contribution in [0.5, 0.6) is 0 Å². The fraction of sp³-hybridized carbons (Fsp3) is 0.533. The molecule has 1 fully saturated rings. The lowest BCUT2D eigenvalue weighted by atomic mass is 10.1. The molecule has 0 radical (unpaired) electrons. The van der Waals surface area contributed by atoms with Crippen molar-refractivity contribution in [2.24, 2.45) is 0 Å². The van der Waals surface area contributed by atoms with Crippen molar-refractivity contribution in [3.63, 3.8) is 0 Å². The van der Waals surface area contributed by atoms with Crippen LogP contribution < -0.4 is 5.32 Å². The van der Waals surface area contributed by atoms with E-state index in [9.17, 15) is 9.18 Å². The number of carbonyl (C=O) groups excluding carboxylic acids is 1. The topological polar surface area (TPSA) is 41.6 Å². The highest BCUT2D eigenvalue weighted by atomic mass is 19.1. The van der Waals surface area contributed by atoms with E-state index in [1.54, 1.807) is 12.1 Å². The van der Waals surface area contributed by atoms with Crippen molar-refractivity contribution in [2.75, 3.05) is 44.7 Å². The summed E-state index contributed by atoms with van der Waals surface area (Å²) in [4.78, 5) is 13.8. The van der Waals surface area contributed by atoms with Crippen molar-refractivity contribution in [1.29, 1.82) is 0 Å². The quantitative estimate of drug-likeness (QED) is 0.839. The number of ketones is 1. The number of hydrogen-bond acceptors (Lipinski definition) is 4. The van der Waals surface area contributed by atoms with Gasteiger partial charge in [-0.1, -0.05) is 6.07 Å². The van der Waals surface area contributed by atoms with E-state index in [0.717, 1.165) is 39.3 Å². The summed E-state index contributed by atoms with van der Waals surface area (Å²) in [5, 5.41) is 3.16. The number of Topliss-reactive ketones (excluding diaryl/α,β-unsaturated/α-hetero) is 1. The molecule has 5 heteroatoms. The molecule has 0 unspecified atom stereocenters. The number of nitrogens with zero attached hydrogens (tertiary/aromatic N) is 1. The molecular weight excluding hydrogens is 259 g/mol. The Morgan fingerprint density at radius 3 is 3.05 bits per heavy atom. The SMILES string of the molecule is CC(=O)c1c(F)cccc1NCCN1CCCOCC1. The summed E-state index contributed by atoms with van der Waals surface area (Å²) in [6.07, 6.45) is 1.04. The van der Waals surface area contributed by atoms with Crippen LogP contribution in [0.25, 0.3) is 0 Å². The second kappa shape index (κ2) is 7.36. The lowest BCUT2D eigenvalue weighted by Gasteiger charge is -2.20. The molecule has 110 valence electrons. The van der Waals surface area contributed by atoms with Gasteiger partial charge < -0.3 is 10.1 Å². The Morgan fingerprint density at radius 2 is 2.25 bits per heavy atom. The van der Waals surface area contributed by atoms with E-state index in [1.165, 1.54) is 13.0 Å². The molecule has 0 aliphatic carbocycles. The second-order valence-corrected chi connectivity index (χ2v) is 4.95. The normalized spacial score (nSPS) is 16.7. The lowest BCUT2D eigenvalue weighted by Crippen LogP contribution is -2.31. The maximum Gasteiger partial charge on any atom is 0.164 e. The maximum absolute atomic E-state index is 13.6. The summed E-state index contributed by atoms with van der Waals surface area (Å²) in [6.45, 7) is 6.45. The van der Waals surface area contributed by atoms with E-state index >= 15 is 0 Å². The number of nitrogens with one attached hydrogen (secondary N) is 1. The predicted octanol–water partition coefficient (Wildman–Crippen LogP) is 2.16. The standard InChI is InChI=1S/C15H21FN2O2/c1-12(19)15-13(16)4-2-5-14(15)17-6-8-18-7-3-10-20-11-9-18/h2,4-5,17H,3,6-11H2,1H3. The van der Waals surface area contributed by atoms with Crippen molar-refractivity contribution in [3.05, 3.63) is 29.6 Å². The van der Waals surface area contributed by atoms with Crippen molar-refractivity contribution in [2.45, 2.75) is 13.3 Å². The summed E-state index contributed by atoms with van der Waals surface area (Å²) < 4.78 is 19.0. The zero-order valence-electron chi connectivity index (χ0n) is 11.8. The molecule has 0 atom stereocenters. The van der Waals surface area contributed by atoms with E-state index in [-0.39, 0.29) is 11.3 Å². The summed E-state index contributed by atoms with van der Waals surface area (Å²) in [7, 11) is 0. The van der Waals surface area contributed by atoms with Gasteiger partial charge in [-0.05, 0) is 25.5 Å². The van der Waals surface area contributed by atoms with Gasteiger partial charge in [0.05, 0.1) is 12.2 Å². The zero-order chi connectivity index (χ0) is 14.4. The van der Waals surface area contributed by atoms with Crippen LogP contribution in [0.4, 0.5) is 10.1 Å². The highest BCUT2D eigenvalue weighted by Crippen LogP contribution is 2.19. The number of carbonyl (C=O) groups is 1. The molecule has 1 aromatic carbocycles. The van der Waals surface area contributed by atoms with Crippen LogP contribution >= 0.6 is 0 Å². The molecule has 1 heterocycles. The highest BCUT2D eigenvalue weighted by Gasteiger charge is 2.13. The molecule has 1 aromatic rings. The van der Waals surface area contributed by atoms with Crippen LogP contribution in [0, 0.1) is 5.82 Å². The van der Waals surface area contributed by atoms with Crippen molar-refractivity contribution in [3.8, 4) is 0 Å². The summed E-state index contributed by atoms with van der Waals surface area (Å²) in [5.41, 5.74) is 0.718. The van der Waals surface area contributed by atoms with Gasteiger partial charge in [0.2, 0.25) is 0 Å². The van der Waals surface area contributed by atoms with Gasteiger partial charge in [-0.15, -0.1) is 0 Å². The van der Waals surface area contributed by atoms with Crippen molar-refractivity contribution >= 4 is 11.5 Å². The monoisotopic (exact) mass is 280 g/mol. The molecule has 1 N–H and O–H groups in total. The van der Waals surface area contributed by atoms with E-state index in [0.29, 0.717) is 12.2 Å². The average molecular weight is 280 g/mol. The minimum Gasteiger partial charge on any atom is -0.383 e. The molecule has 0 aromatic heterocycles. The minimum atomic E-state index is -0.467. The van der Waals surface area contributed by atoms with Gasteiger partial charge in [-0.2, -0.15) is 0 Å². The molecular formula is C15H21FN2O2. The van der Waals surface area contributed by atoms with E-state index < -0.39 is 5.82 Å². The van der Waals surface area contributed by atoms with Crippen LogP contribution in [0.1, 0.15) is 23.7 Å². The number of rotatable bonds is 5. The molecule has 0 amide bonds. The van der Waals surface area contributed by atoms with Crippen LogP contribution in [-0.2, 0) is 4.74 Å².